The molecule has 0 atom stereocenters. The topological polar surface area (TPSA) is 46.5 Å². The van der Waals surface area contributed by atoms with E-state index in [9.17, 15) is 18.0 Å². The Balaban J connectivity index is 2.59. The maximum atomic E-state index is 13.2. The molecular formula is C14H9F3O3. The molecule has 0 unspecified atom stereocenters. The molecular weight excluding hydrogens is 273 g/mol. The predicted molar refractivity (Wildman–Crippen MR) is 65.3 cm³/mol. The molecule has 2 aromatic rings. The van der Waals surface area contributed by atoms with Crippen molar-refractivity contribution in [2.24, 2.45) is 0 Å². The van der Waals surface area contributed by atoms with E-state index in [1.165, 1.54) is 25.3 Å². The Morgan fingerprint density at radius 3 is 2.15 bits per heavy atom. The lowest BCUT2D eigenvalue weighted by Gasteiger charge is -2.08. The Morgan fingerprint density at radius 2 is 1.65 bits per heavy atom. The molecule has 0 aliphatic heterocycles. The molecule has 20 heavy (non-hydrogen) atoms. The summed E-state index contributed by atoms with van der Waals surface area (Å²) in [4.78, 5) is 11.1. The monoisotopic (exact) mass is 282 g/mol. The normalized spacial score (nSPS) is 10.4. The highest BCUT2D eigenvalue weighted by Gasteiger charge is 2.15. The molecule has 0 saturated carbocycles. The van der Waals surface area contributed by atoms with Crippen LogP contribution in [0, 0.1) is 17.5 Å². The Hall–Kier alpha value is -2.50. The van der Waals surface area contributed by atoms with Crippen molar-refractivity contribution in [3.05, 3.63) is 53.3 Å². The fourth-order valence-corrected chi connectivity index (χ4v) is 1.78. The second-order valence-electron chi connectivity index (χ2n) is 3.97. The lowest BCUT2D eigenvalue weighted by Crippen LogP contribution is -2.01. The summed E-state index contributed by atoms with van der Waals surface area (Å²) < 4.78 is 44.1. The first kappa shape index (κ1) is 13.9. The summed E-state index contributed by atoms with van der Waals surface area (Å²) in [5.41, 5.74) is 0.114. The third-order valence-corrected chi connectivity index (χ3v) is 2.75. The lowest BCUT2D eigenvalue weighted by atomic mass is 10.0. The number of hydrogen-bond acceptors (Lipinski definition) is 2. The van der Waals surface area contributed by atoms with E-state index in [0.717, 1.165) is 12.1 Å². The van der Waals surface area contributed by atoms with E-state index in [4.69, 9.17) is 9.84 Å². The molecule has 2 aromatic carbocycles. The number of aromatic carboxylic acids is 1. The van der Waals surface area contributed by atoms with Gasteiger partial charge in [-0.05, 0) is 35.4 Å². The molecule has 0 heterocycles. The first-order valence-electron chi connectivity index (χ1n) is 5.50. The summed E-state index contributed by atoms with van der Waals surface area (Å²) in [5, 5.41) is 9.03. The quantitative estimate of drug-likeness (QED) is 0.877. The van der Waals surface area contributed by atoms with Crippen molar-refractivity contribution in [1.82, 2.24) is 0 Å². The van der Waals surface area contributed by atoms with Gasteiger partial charge in [0.15, 0.2) is 17.5 Å². The number of methoxy groups -OCH3 is 1. The number of carbonyl (C=O) groups is 1. The van der Waals surface area contributed by atoms with Crippen LogP contribution in [0.25, 0.3) is 11.1 Å². The van der Waals surface area contributed by atoms with E-state index < -0.39 is 23.4 Å². The molecule has 0 radical (unpaired) electrons. The fourth-order valence-electron chi connectivity index (χ4n) is 1.78. The summed E-state index contributed by atoms with van der Waals surface area (Å²) >= 11 is 0. The van der Waals surface area contributed by atoms with Crippen LogP contribution in [0.1, 0.15) is 10.4 Å². The van der Waals surface area contributed by atoms with Gasteiger partial charge in [-0.2, -0.15) is 0 Å². The summed E-state index contributed by atoms with van der Waals surface area (Å²) in [6.45, 7) is 0. The van der Waals surface area contributed by atoms with Crippen LogP contribution in [-0.2, 0) is 0 Å². The van der Waals surface area contributed by atoms with E-state index in [-0.39, 0.29) is 22.4 Å². The van der Waals surface area contributed by atoms with E-state index in [1.54, 1.807) is 0 Å². The van der Waals surface area contributed by atoms with E-state index in [2.05, 4.69) is 0 Å². The maximum absolute atomic E-state index is 13.2. The van der Waals surface area contributed by atoms with Crippen LogP contribution in [-0.4, -0.2) is 18.2 Å². The van der Waals surface area contributed by atoms with Crippen molar-refractivity contribution in [2.45, 2.75) is 0 Å². The van der Waals surface area contributed by atoms with Gasteiger partial charge in [0.25, 0.3) is 0 Å². The van der Waals surface area contributed by atoms with Gasteiger partial charge in [0.2, 0.25) is 0 Å². The molecule has 0 amide bonds. The van der Waals surface area contributed by atoms with Crippen molar-refractivity contribution in [1.29, 1.82) is 0 Å². The van der Waals surface area contributed by atoms with Crippen LogP contribution >= 0.6 is 0 Å². The Kier molecular flexibility index (Phi) is 3.65. The fraction of sp³-hybridized carbons (Fsp3) is 0.0714. The van der Waals surface area contributed by atoms with Gasteiger partial charge in [0.05, 0.1) is 7.11 Å². The Labute approximate surface area is 112 Å². The zero-order valence-electron chi connectivity index (χ0n) is 10.3. The van der Waals surface area contributed by atoms with E-state index in [1.807, 2.05) is 0 Å². The largest absolute Gasteiger partial charge is 0.496 e. The maximum Gasteiger partial charge on any atom is 0.339 e. The molecule has 0 saturated heterocycles. The summed E-state index contributed by atoms with van der Waals surface area (Å²) in [7, 11) is 1.30. The highest BCUT2D eigenvalue weighted by atomic mass is 19.2. The minimum atomic E-state index is -1.57. The number of halogens is 3. The molecule has 2 rings (SSSR count). The third-order valence-electron chi connectivity index (χ3n) is 2.75. The van der Waals surface area contributed by atoms with Gasteiger partial charge in [-0.3, -0.25) is 0 Å². The number of hydrogen-bond donors (Lipinski definition) is 1. The average Bonchev–Trinajstić information content (AvgIpc) is 2.43. The summed E-state index contributed by atoms with van der Waals surface area (Å²) in [5.74, 6) is -5.38. The summed E-state index contributed by atoms with van der Waals surface area (Å²) in [6.07, 6.45) is 0. The highest BCUT2D eigenvalue weighted by molar-refractivity contribution is 5.92. The smallest absolute Gasteiger partial charge is 0.339 e. The molecule has 0 bridgehead atoms. The molecule has 0 fully saturated rings. The van der Waals surface area contributed by atoms with Crippen LogP contribution < -0.4 is 4.74 Å². The van der Waals surface area contributed by atoms with Crippen molar-refractivity contribution in [3.8, 4) is 16.9 Å². The van der Waals surface area contributed by atoms with Gasteiger partial charge in [0.1, 0.15) is 11.3 Å². The highest BCUT2D eigenvalue weighted by Crippen LogP contribution is 2.28. The Morgan fingerprint density at radius 1 is 1.05 bits per heavy atom. The molecule has 104 valence electrons. The van der Waals surface area contributed by atoms with Gasteiger partial charge >= 0.3 is 5.97 Å². The average molecular weight is 282 g/mol. The van der Waals surface area contributed by atoms with Crippen LogP contribution in [0.2, 0.25) is 0 Å². The number of carboxylic acid groups (broad SMARTS) is 1. The molecule has 0 aliphatic carbocycles. The Bertz CT molecular complexity index is 660. The first-order chi connectivity index (χ1) is 9.43. The molecule has 6 heteroatoms. The van der Waals surface area contributed by atoms with Crippen molar-refractivity contribution >= 4 is 5.97 Å². The number of benzene rings is 2. The minimum absolute atomic E-state index is 0.0338. The van der Waals surface area contributed by atoms with Crippen LogP contribution in [0.4, 0.5) is 13.2 Å². The van der Waals surface area contributed by atoms with Crippen LogP contribution in [0.15, 0.2) is 30.3 Å². The second kappa shape index (κ2) is 5.24. The standard InChI is InChI=1S/C14H9F3O3/c1-20-12-3-2-7(4-9(12)14(18)19)8-5-10(15)13(17)11(16)6-8/h2-6H,1H3,(H,18,19). The SMILES string of the molecule is COc1ccc(-c2cc(F)c(F)c(F)c2)cc1C(=O)O. The van der Waals surface area contributed by atoms with Crippen molar-refractivity contribution < 1.29 is 27.8 Å². The number of rotatable bonds is 3. The number of ether oxygens (including phenoxy) is 1. The molecule has 3 nitrogen and oxygen atoms in total. The van der Waals surface area contributed by atoms with Gasteiger partial charge in [-0.1, -0.05) is 6.07 Å². The lowest BCUT2D eigenvalue weighted by molar-refractivity contribution is 0.0693. The van der Waals surface area contributed by atoms with Gasteiger partial charge in [-0.25, -0.2) is 18.0 Å². The zero-order chi connectivity index (χ0) is 14.9. The minimum Gasteiger partial charge on any atom is -0.496 e. The van der Waals surface area contributed by atoms with E-state index >= 15 is 0 Å². The molecule has 1 N–H and O–H groups in total. The molecule has 0 aliphatic rings. The van der Waals surface area contributed by atoms with Gasteiger partial charge in [-0.15, -0.1) is 0 Å². The van der Waals surface area contributed by atoms with Crippen LogP contribution in [0.5, 0.6) is 5.75 Å². The first-order valence-corrected chi connectivity index (χ1v) is 5.50. The van der Waals surface area contributed by atoms with Gasteiger partial charge < -0.3 is 9.84 Å². The van der Waals surface area contributed by atoms with Crippen molar-refractivity contribution in [3.63, 3.8) is 0 Å². The van der Waals surface area contributed by atoms with E-state index in [0.29, 0.717) is 0 Å². The molecule has 0 spiro atoms. The van der Waals surface area contributed by atoms with Gasteiger partial charge in [0, 0.05) is 0 Å². The number of carboxylic acids is 1. The van der Waals surface area contributed by atoms with Crippen molar-refractivity contribution in [2.75, 3.05) is 7.11 Å². The third kappa shape index (κ3) is 2.45. The predicted octanol–water partition coefficient (Wildman–Crippen LogP) is 3.48. The molecule has 0 aromatic heterocycles. The zero-order valence-corrected chi connectivity index (χ0v) is 10.3. The summed E-state index contributed by atoms with van der Waals surface area (Å²) in [6, 6.07) is 5.58. The second-order valence-corrected chi connectivity index (χ2v) is 3.97. The van der Waals surface area contributed by atoms with Crippen LogP contribution in [0.3, 0.4) is 0 Å².